The van der Waals surface area contributed by atoms with Gasteiger partial charge in [-0.3, -0.25) is 4.79 Å². The topological polar surface area (TPSA) is 29.1 Å². The summed E-state index contributed by atoms with van der Waals surface area (Å²) in [5, 5.41) is 7.33. The van der Waals surface area contributed by atoms with Crippen LogP contribution in [0.1, 0.15) is 0 Å². The molecular formula is C12H10ClNOS2. The molecule has 0 atom stereocenters. The number of carbonyl (C=O) groups is 1. The Bertz CT molecular complexity index is 499. The third kappa shape index (κ3) is 3.77. The van der Waals surface area contributed by atoms with Crippen molar-refractivity contribution in [3.8, 4) is 0 Å². The second-order valence-corrected chi connectivity index (χ2v) is 5.48. The molecule has 0 bridgehead atoms. The Kier molecular flexibility index (Phi) is 4.48. The van der Waals surface area contributed by atoms with Gasteiger partial charge in [-0.05, 0) is 23.6 Å². The van der Waals surface area contributed by atoms with Crippen LogP contribution in [0.5, 0.6) is 0 Å². The fraction of sp³-hybridized carbons (Fsp3) is 0.0833. The molecule has 0 aliphatic carbocycles. The lowest BCUT2D eigenvalue weighted by atomic mass is 10.4. The standard InChI is InChI=1S/C12H10ClNOS2/c13-10-3-1-2-4-11(10)17-8-12(15)14-9-5-6-16-7-9/h1-7H,8H2,(H,14,15). The Balaban J connectivity index is 1.86. The van der Waals surface area contributed by atoms with Crippen molar-refractivity contribution in [3.05, 3.63) is 46.1 Å². The summed E-state index contributed by atoms with van der Waals surface area (Å²) in [5.74, 6) is 0.341. The van der Waals surface area contributed by atoms with Crippen molar-refractivity contribution in [3.63, 3.8) is 0 Å². The van der Waals surface area contributed by atoms with E-state index in [1.165, 1.54) is 11.8 Å². The zero-order chi connectivity index (χ0) is 12.1. The normalized spacial score (nSPS) is 10.2. The van der Waals surface area contributed by atoms with Gasteiger partial charge in [-0.15, -0.1) is 11.8 Å². The fourth-order valence-corrected chi connectivity index (χ4v) is 2.86. The minimum atomic E-state index is -0.0201. The summed E-state index contributed by atoms with van der Waals surface area (Å²) in [6.45, 7) is 0. The Hall–Kier alpha value is -0.970. The van der Waals surface area contributed by atoms with Gasteiger partial charge in [0.05, 0.1) is 16.5 Å². The molecule has 1 aromatic carbocycles. The average Bonchev–Trinajstić information content (AvgIpc) is 2.81. The summed E-state index contributed by atoms with van der Waals surface area (Å²) in [7, 11) is 0. The van der Waals surface area contributed by atoms with Gasteiger partial charge in [-0.1, -0.05) is 23.7 Å². The number of amides is 1. The lowest BCUT2D eigenvalue weighted by Crippen LogP contribution is -2.13. The smallest absolute Gasteiger partial charge is 0.234 e. The molecule has 0 saturated heterocycles. The third-order valence-corrected chi connectivity index (χ3v) is 4.20. The molecule has 0 spiro atoms. The van der Waals surface area contributed by atoms with Crippen molar-refractivity contribution in [1.29, 1.82) is 0 Å². The molecule has 0 aliphatic heterocycles. The van der Waals surface area contributed by atoms with Crippen LogP contribution in [0.25, 0.3) is 0 Å². The molecule has 5 heteroatoms. The quantitative estimate of drug-likeness (QED) is 0.855. The van der Waals surface area contributed by atoms with E-state index in [9.17, 15) is 4.79 Å². The van der Waals surface area contributed by atoms with E-state index in [-0.39, 0.29) is 5.91 Å². The number of hydrogen-bond donors (Lipinski definition) is 1. The van der Waals surface area contributed by atoms with Crippen LogP contribution < -0.4 is 5.32 Å². The molecule has 1 heterocycles. The van der Waals surface area contributed by atoms with Crippen LogP contribution in [0.2, 0.25) is 5.02 Å². The maximum atomic E-state index is 11.6. The van der Waals surface area contributed by atoms with Crippen LogP contribution in [0, 0.1) is 0 Å². The molecule has 2 rings (SSSR count). The number of anilines is 1. The van der Waals surface area contributed by atoms with E-state index in [1.807, 2.05) is 41.1 Å². The van der Waals surface area contributed by atoms with Gasteiger partial charge < -0.3 is 5.32 Å². The number of halogens is 1. The van der Waals surface area contributed by atoms with Gasteiger partial charge >= 0.3 is 0 Å². The van der Waals surface area contributed by atoms with Crippen LogP contribution in [0.4, 0.5) is 5.69 Å². The summed E-state index contributed by atoms with van der Waals surface area (Å²) in [4.78, 5) is 12.6. The van der Waals surface area contributed by atoms with Crippen molar-refractivity contribution in [1.82, 2.24) is 0 Å². The van der Waals surface area contributed by atoms with E-state index < -0.39 is 0 Å². The number of benzene rings is 1. The molecule has 2 aromatic rings. The highest BCUT2D eigenvalue weighted by molar-refractivity contribution is 8.00. The van der Waals surface area contributed by atoms with E-state index in [0.717, 1.165) is 10.6 Å². The van der Waals surface area contributed by atoms with E-state index in [0.29, 0.717) is 10.8 Å². The monoisotopic (exact) mass is 283 g/mol. The lowest BCUT2D eigenvalue weighted by molar-refractivity contribution is -0.113. The van der Waals surface area contributed by atoms with Crippen LogP contribution in [0.3, 0.4) is 0 Å². The minimum Gasteiger partial charge on any atom is -0.325 e. The molecular weight excluding hydrogens is 274 g/mol. The summed E-state index contributed by atoms with van der Waals surface area (Å²) in [5.41, 5.74) is 0.847. The number of rotatable bonds is 4. The first-order valence-electron chi connectivity index (χ1n) is 4.95. The maximum absolute atomic E-state index is 11.6. The molecule has 0 fully saturated rings. The molecule has 0 aliphatic rings. The van der Waals surface area contributed by atoms with Crippen molar-refractivity contribution in [2.75, 3.05) is 11.1 Å². The van der Waals surface area contributed by atoms with Crippen molar-refractivity contribution >= 4 is 46.3 Å². The van der Waals surface area contributed by atoms with Crippen LogP contribution in [0.15, 0.2) is 46.0 Å². The van der Waals surface area contributed by atoms with Gasteiger partial charge in [0, 0.05) is 10.3 Å². The molecule has 1 N–H and O–H groups in total. The number of hydrogen-bond acceptors (Lipinski definition) is 3. The predicted octanol–water partition coefficient (Wildman–Crippen LogP) is 4.13. The zero-order valence-corrected chi connectivity index (χ0v) is 11.2. The number of carbonyl (C=O) groups excluding carboxylic acids is 1. The Morgan fingerprint density at radius 2 is 2.18 bits per heavy atom. The second kappa shape index (κ2) is 6.10. The summed E-state index contributed by atoms with van der Waals surface area (Å²) in [6, 6.07) is 9.39. The summed E-state index contributed by atoms with van der Waals surface area (Å²) < 4.78 is 0. The van der Waals surface area contributed by atoms with Gasteiger partial charge in [0.15, 0.2) is 0 Å². The zero-order valence-electron chi connectivity index (χ0n) is 8.85. The Morgan fingerprint density at radius 3 is 2.88 bits per heavy atom. The van der Waals surface area contributed by atoms with Gasteiger partial charge in [0.2, 0.25) is 5.91 Å². The summed E-state index contributed by atoms with van der Waals surface area (Å²) >= 11 is 8.99. The van der Waals surface area contributed by atoms with Crippen LogP contribution >= 0.6 is 34.7 Å². The largest absolute Gasteiger partial charge is 0.325 e. The average molecular weight is 284 g/mol. The molecule has 17 heavy (non-hydrogen) atoms. The van der Waals surface area contributed by atoms with Gasteiger partial charge in [-0.2, -0.15) is 11.3 Å². The maximum Gasteiger partial charge on any atom is 0.234 e. The minimum absolute atomic E-state index is 0.0201. The first kappa shape index (κ1) is 12.5. The van der Waals surface area contributed by atoms with Crippen molar-refractivity contribution in [2.24, 2.45) is 0 Å². The van der Waals surface area contributed by atoms with Gasteiger partial charge in [-0.25, -0.2) is 0 Å². The fourth-order valence-electron chi connectivity index (χ4n) is 1.24. The highest BCUT2D eigenvalue weighted by Crippen LogP contribution is 2.26. The summed E-state index contributed by atoms with van der Waals surface area (Å²) in [6.07, 6.45) is 0. The molecule has 88 valence electrons. The first-order valence-corrected chi connectivity index (χ1v) is 7.26. The Morgan fingerprint density at radius 1 is 1.35 bits per heavy atom. The molecule has 1 amide bonds. The SMILES string of the molecule is O=C(CSc1ccccc1Cl)Nc1ccsc1. The van der Waals surface area contributed by atoms with Gasteiger partial charge in [0.1, 0.15) is 0 Å². The first-order chi connectivity index (χ1) is 8.25. The van der Waals surface area contributed by atoms with Gasteiger partial charge in [0.25, 0.3) is 0 Å². The van der Waals surface area contributed by atoms with E-state index in [4.69, 9.17) is 11.6 Å². The van der Waals surface area contributed by atoms with E-state index >= 15 is 0 Å². The molecule has 0 radical (unpaired) electrons. The molecule has 2 nitrogen and oxygen atoms in total. The second-order valence-electron chi connectivity index (χ2n) is 3.28. The highest BCUT2D eigenvalue weighted by atomic mass is 35.5. The van der Waals surface area contributed by atoms with Crippen LogP contribution in [-0.4, -0.2) is 11.7 Å². The lowest BCUT2D eigenvalue weighted by Gasteiger charge is -2.04. The van der Waals surface area contributed by atoms with Crippen molar-refractivity contribution < 1.29 is 4.79 Å². The highest BCUT2D eigenvalue weighted by Gasteiger charge is 2.05. The van der Waals surface area contributed by atoms with Crippen molar-refractivity contribution in [2.45, 2.75) is 4.90 Å². The van der Waals surface area contributed by atoms with E-state index in [2.05, 4.69) is 5.32 Å². The molecule has 1 aromatic heterocycles. The third-order valence-electron chi connectivity index (χ3n) is 2.00. The van der Waals surface area contributed by atoms with E-state index in [1.54, 1.807) is 11.3 Å². The molecule has 0 unspecified atom stereocenters. The predicted molar refractivity (Wildman–Crippen MR) is 75.1 cm³/mol. The number of nitrogens with one attached hydrogen (secondary N) is 1. The van der Waals surface area contributed by atoms with Crippen LogP contribution in [-0.2, 0) is 4.79 Å². The number of thiophene rings is 1. The Labute approximate surface area is 113 Å². The number of thioether (sulfide) groups is 1. The molecule has 0 saturated carbocycles.